The number of likely N-dealkylation sites (N-methyl/N-ethyl adjacent to an activating group) is 2. The summed E-state index contributed by atoms with van der Waals surface area (Å²) in [6, 6.07) is 8.13. The van der Waals surface area contributed by atoms with Crippen molar-refractivity contribution >= 4 is 29.1 Å². The maximum absolute atomic E-state index is 14.1. The summed E-state index contributed by atoms with van der Waals surface area (Å²) < 4.78 is 52.7. The summed E-state index contributed by atoms with van der Waals surface area (Å²) in [5, 5.41) is 0.822. The van der Waals surface area contributed by atoms with Gasteiger partial charge in [-0.05, 0) is 56.5 Å². The highest BCUT2D eigenvalue weighted by Gasteiger charge is 2.39. The lowest BCUT2D eigenvalue weighted by atomic mass is 9.93. The molecule has 0 aliphatic carbocycles. The second kappa shape index (κ2) is 10.2. The predicted molar refractivity (Wildman–Crippen MR) is 121 cm³/mol. The fraction of sp³-hybridized carbons (Fsp3) is 0.435. The molecule has 4 nitrogen and oxygen atoms in total. The molecule has 2 aromatic rings. The third kappa shape index (κ3) is 6.18. The van der Waals surface area contributed by atoms with Gasteiger partial charge in [0.1, 0.15) is 5.82 Å². The quantitative estimate of drug-likeness (QED) is 0.508. The van der Waals surface area contributed by atoms with Crippen LogP contribution in [0.25, 0.3) is 0 Å². The number of hydrogen-bond acceptors (Lipinski definition) is 3. The lowest BCUT2D eigenvalue weighted by Gasteiger charge is -2.29. The first kappa shape index (κ1) is 25.7. The molecule has 0 spiro atoms. The van der Waals surface area contributed by atoms with E-state index in [1.807, 2.05) is 32.1 Å². The van der Waals surface area contributed by atoms with Gasteiger partial charge in [-0.2, -0.15) is 13.2 Å². The van der Waals surface area contributed by atoms with Crippen LogP contribution in [0.4, 0.5) is 17.6 Å². The van der Waals surface area contributed by atoms with E-state index in [9.17, 15) is 22.4 Å². The van der Waals surface area contributed by atoms with Crippen LogP contribution in [-0.2, 0) is 17.5 Å². The van der Waals surface area contributed by atoms with Crippen LogP contribution < -0.4 is 0 Å². The number of hydrogen-bond donors (Lipinski definition) is 0. The van der Waals surface area contributed by atoms with Crippen molar-refractivity contribution in [3.05, 3.63) is 69.0 Å². The number of nitrogens with zero attached hydrogens (tertiary/aromatic N) is 3. The van der Waals surface area contributed by atoms with Gasteiger partial charge in [-0.25, -0.2) is 4.39 Å². The minimum atomic E-state index is -4.74. The Balaban J connectivity index is 1.85. The van der Waals surface area contributed by atoms with Crippen LogP contribution in [0, 0.1) is 5.82 Å². The highest BCUT2D eigenvalue weighted by molar-refractivity contribution is 6.42. The first-order valence-electron chi connectivity index (χ1n) is 10.3. The molecule has 1 amide bonds. The molecule has 2 atom stereocenters. The van der Waals surface area contributed by atoms with E-state index in [2.05, 4.69) is 0 Å². The van der Waals surface area contributed by atoms with Gasteiger partial charge >= 0.3 is 6.18 Å². The third-order valence-electron chi connectivity index (χ3n) is 5.80. The normalized spacial score (nSPS) is 19.1. The van der Waals surface area contributed by atoms with Gasteiger partial charge in [0, 0.05) is 31.6 Å². The summed E-state index contributed by atoms with van der Waals surface area (Å²) in [6.07, 6.45) is -4.74. The van der Waals surface area contributed by atoms with Crippen molar-refractivity contribution < 1.29 is 22.4 Å². The number of benzene rings is 2. The summed E-state index contributed by atoms with van der Waals surface area (Å²) in [6.45, 7) is 1.36. The van der Waals surface area contributed by atoms with Gasteiger partial charge in [0.15, 0.2) is 0 Å². The number of amides is 1. The summed E-state index contributed by atoms with van der Waals surface area (Å²) in [7, 11) is 5.44. The Morgan fingerprint density at radius 2 is 1.76 bits per heavy atom. The first-order chi connectivity index (χ1) is 15.4. The predicted octanol–water partition coefficient (Wildman–Crippen LogP) is 5.14. The molecule has 0 bridgehead atoms. The number of halogens is 6. The van der Waals surface area contributed by atoms with Gasteiger partial charge in [0.25, 0.3) is 0 Å². The van der Waals surface area contributed by atoms with Gasteiger partial charge in [-0.15, -0.1) is 0 Å². The summed E-state index contributed by atoms with van der Waals surface area (Å²) in [4.78, 5) is 18.2. The molecule has 1 fully saturated rings. The zero-order valence-corrected chi connectivity index (χ0v) is 20.0. The lowest BCUT2D eigenvalue weighted by molar-refractivity contribution is -0.140. The average Bonchev–Trinajstić information content (AvgIpc) is 3.14. The molecule has 1 heterocycles. The summed E-state index contributed by atoms with van der Waals surface area (Å²) >= 11 is 12.3. The Morgan fingerprint density at radius 3 is 2.33 bits per heavy atom. The van der Waals surface area contributed by atoms with Gasteiger partial charge in [0.05, 0.1) is 22.2 Å². The van der Waals surface area contributed by atoms with E-state index in [-0.39, 0.29) is 31.0 Å². The van der Waals surface area contributed by atoms with Crippen LogP contribution in [0.3, 0.4) is 0 Å². The fourth-order valence-corrected chi connectivity index (χ4v) is 4.48. The second-order valence-corrected chi connectivity index (χ2v) is 9.43. The molecule has 180 valence electrons. The molecular formula is C23H25Cl2F4N3O. The van der Waals surface area contributed by atoms with E-state index in [1.54, 1.807) is 21.9 Å². The van der Waals surface area contributed by atoms with Crippen molar-refractivity contribution in [2.75, 3.05) is 40.8 Å². The molecule has 0 N–H and O–H groups in total. The molecule has 0 saturated carbocycles. The highest BCUT2D eigenvalue weighted by Crippen LogP contribution is 2.35. The van der Waals surface area contributed by atoms with Crippen LogP contribution in [0.1, 0.15) is 22.6 Å². The molecule has 1 aliphatic heterocycles. The molecule has 0 radical (unpaired) electrons. The van der Waals surface area contributed by atoms with E-state index < -0.39 is 17.6 Å². The Kier molecular flexibility index (Phi) is 7.94. The van der Waals surface area contributed by atoms with Gasteiger partial charge < -0.3 is 9.80 Å². The van der Waals surface area contributed by atoms with Crippen LogP contribution >= 0.6 is 23.2 Å². The maximum atomic E-state index is 14.1. The zero-order valence-electron chi connectivity index (χ0n) is 18.5. The average molecular weight is 506 g/mol. The fourth-order valence-electron chi connectivity index (χ4n) is 4.17. The van der Waals surface area contributed by atoms with E-state index >= 15 is 0 Å². The van der Waals surface area contributed by atoms with Crippen LogP contribution in [0.15, 0.2) is 36.4 Å². The summed E-state index contributed by atoms with van der Waals surface area (Å²) in [5.41, 5.74) is 0.0258. The third-order valence-corrected chi connectivity index (χ3v) is 6.54. The van der Waals surface area contributed by atoms with Crippen molar-refractivity contribution in [1.82, 2.24) is 14.7 Å². The number of carbonyl (C=O) groups excluding carboxylic acids is 1. The van der Waals surface area contributed by atoms with Crippen molar-refractivity contribution in [1.29, 1.82) is 0 Å². The van der Waals surface area contributed by atoms with E-state index in [0.717, 1.165) is 17.7 Å². The van der Waals surface area contributed by atoms with Crippen LogP contribution in [0.5, 0.6) is 0 Å². The second-order valence-electron chi connectivity index (χ2n) is 8.61. The monoisotopic (exact) mass is 505 g/mol. The molecule has 3 rings (SSSR count). The Morgan fingerprint density at radius 1 is 1.06 bits per heavy atom. The van der Waals surface area contributed by atoms with Crippen LogP contribution in [0.2, 0.25) is 10.0 Å². The standard InChI is InChI=1S/C23H25Cl2F4N3O/c1-30(2)13-22(33)32-11-16(15-5-7-18(24)19(25)9-15)21(12-32)31(3)10-14-4-6-17(20(26)8-14)23(27,28)29/h4-9,16,21H,10-13H2,1-3H3. The number of alkyl halides is 3. The lowest BCUT2D eigenvalue weighted by Crippen LogP contribution is -2.40. The van der Waals surface area contributed by atoms with E-state index in [0.29, 0.717) is 28.7 Å². The number of rotatable bonds is 6. The topological polar surface area (TPSA) is 26.8 Å². The molecule has 10 heteroatoms. The zero-order chi connectivity index (χ0) is 24.5. The Hall–Kier alpha value is -1.87. The van der Waals surface area contributed by atoms with Gasteiger partial charge in [0.2, 0.25) is 5.91 Å². The van der Waals surface area contributed by atoms with E-state index in [4.69, 9.17) is 23.2 Å². The Bertz CT molecular complexity index is 1020. The minimum Gasteiger partial charge on any atom is -0.339 e. The molecule has 1 saturated heterocycles. The van der Waals surface area contributed by atoms with Crippen LogP contribution in [-0.4, -0.2) is 67.4 Å². The Labute approximate surface area is 200 Å². The van der Waals surface area contributed by atoms with Gasteiger partial charge in [-0.1, -0.05) is 35.3 Å². The smallest absolute Gasteiger partial charge is 0.339 e. The van der Waals surface area contributed by atoms with Crippen molar-refractivity contribution in [2.45, 2.75) is 24.7 Å². The molecule has 1 aliphatic rings. The molecule has 2 unspecified atom stereocenters. The van der Waals surface area contributed by atoms with Crippen molar-refractivity contribution in [3.8, 4) is 0 Å². The summed E-state index contributed by atoms with van der Waals surface area (Å²) in [5.74, 6) is -1.43. The molecule has 0 aromatic heterocycles. The largest absolute Gasteiger partial charge is 0.419 e. The van der Waals surface area contributed by atoms with Crippen molar-refractivity contribution in [3.63, 3.8) is 0 Å². The molecular weight excluding hydrogens is 481 g/mol. The van der Waals surface area contributed by atoms with Crippen molar-refractivity contribution in [2.24, 2.45) is 0 Å². The minimum absolute atomic E-state index is 0.0264. The maximum Gasteiger partial charge on any atom is 0.419 e. The van der Waals surface area contributed by atoms with Gasteiger partial charge in [-0.3, -0.25) is 9.69 Å². The SMILES string of the molecule is CN(C)CC(=O)N1CC(c2ccc(Cl)c(Cl)c2)C(N(C)Cc2ccc(C(F)(F)F)c(F)c2)C1. The molecule has 2 aromatic carbocycles. The number of likely N-dealkylation sites (tertiary alicyclic amines) is 1. The number of carbonyl (C=O) groups is 1. The van der Waals surface area contributed by atoms with E-state index in [1.165, 1.54) is 6.07 Å². The molecule has 33 heavy (non-hydrogen) atoms. The first-order valence-corrected chi connectivity index (χ1v) is 11.1. The highest BCUT2D eigenvalue weighted by atomic mass is 35.5.